The summed E-state index contributed by atoms with van der Waals surface area (Å²) in [7, 11) is 0. The summed E-state index contributed by atoms with van der Waals surface area (Å²) in [6.07, 6.45) is 0. The van der Waals surface area contributed by atoms with E-state index in [1.165, 1.54) is 21.9 Å². The molecule has 0 aliphatic heterocycles. The Hall–Kier alpha value is -2.20. The third-order valence-electron chi connectivity index (χ3n) is 5.33. The van der Waals surface area contributed by atoms with Crippen LogP contribution in [0.2, 0.25) is 17.3 Å². The van der Waals surface area contributed by atoms with Crippen LogP contribution in [0.3, 0.4) is 0 Å². The van der Waals surface area contributed by atoms with E-state index in [1.54, 1.807) is 4.40 Å². The van der Waals surface area contributed by atoms with Crippen LogP contribution in [0, 0.1) is 20.8 Å². The van der Waals surface area contributed by atoms with Crippen LogP contribution in [-0.4, -0.2) is 23.2 Å². The second kappa shape index (κ2) is 6.45. The van der Waals surface area contributed by atoms with E-state index in [0.29, 0.717) is 0 Å². The van der Waals surface area contributed by atoms with Gasteiger partial charge in [-0.05, 0) is 0 Å². The molecule has 2 nitrogen and oxygen atoms in total. The minimum absolute atomic E-state index is 0.827. The van der Waals surface area contributed by atoms with Gasteiger partial charge in [-0.3, -0.25) is 0 Å². The average Bonchev–Trinajstić information content (AvgIpc) is 2.59. The van der Waals surface area contributed by atoms with Crippen LogP contribution in [-0.2, 0) is 0 Å². The molecule has 1 heterocycles. The summed E-state index contributed by atoms with van der Waals surface area (Å²) in [6, 6.07) is 17.2. The standard InChI is InChI=1S/C24H26GeN2/c1-15-14-19-12-13-20-23(18-10-8-7-9-11-18)26-17(3)27-24(20)21(19)16(2)22(15)25(4,5)6/h7-14H,1-6H3. The molecule has 3 aromatic carbocycles. The van der Waals surface area contributed by atoms with Crippen LogP contribution < -0.4 is 4.40 Å². The van der Waals surface area contributed by atoms with E-state index in [4.69, 9.17) is 9.97 Å². The van der Waals surface area contributed by atoms with Gasteiger partial charge in [-0.15, -0.1) is 0 Å². The topological polar surface area (TPSA) is 25.8 Å². The molecule has 0 amide bonds. The third-order valence-corrected chi connectivity index (χ3v) is 10.1. The van der Waals surface area contributed by atoms with Gasteiger partial charge in [0.2, 0.25) is 0 Å². The second-order valence-corrected chi connectivity index (χ2v) is 19.0. The molecule has 0 spiro atoms. The van der Waals surface area contributed by atoms with Crippen molar-refractivity contribution in [2.24, 2.45) is 0 Å². The average molecular weight is 415 g/mol. The molecule has 0 fully saturated rings. The molecule has 0 unspecified atom stereocenters. The maximum absolute atomic E-state index is 4.91. The van der Waals surface area contributed by atoms with Crippen molar-refractivity contribution in [1.29, 1.82) is 0 Å². The van der Waals surface area contributed by atoms with E-state index in [1.807, 2.05) is 13.0 Å². The van der Waals surface area contributed by atoms with Gasteiger partial charge < -0.3 is 0 Å². The molecule has 4 aromatic rings. The van der Waals surface area contributed by atoms with Gasteiger partial charge in [0.1, 0.15) is 0 Å². The fourth-order valence-electron chi connectivity index (χ4n) is 4.53. The Labute approximate surface area is 164 Å². The summed E-state index contributed by atoms with van der Waals surface area (Å²) in [4.78, 5) is 9.71. The van der Waals surface area contributed by atoms with E-state index >= 15 is 0 Å². The van der Waals surface area contributed by atoms with Gasteiger partial charge in [0.25, 0.3) is 0 Å². The number of hydrogen-bond acceptors (Lipinski definition) is 2. The first kappa shape index (κ1) is 18.2. The number of rotatable bonds is 2. The summed E-state index contributed by atoms with van der Waals surface area (Å²) in [6.45, 7) is 6.56. The molecule has 4 rings (SSSR count). The van der Waals surface area contributed by atoms with E-state index < -0.39 is 13.3 Å². The van der Waals surface area contributed by atoms with Crippen LogP contribution in [0.4, 0.5) is 0 Å². The molecule has 0 saturated carbocycles. The summed E-state index contributed by atoms with van der Waals surface area (Å²) in [5, 5.41) is 3.72. The Morgan fingerprint density at radius 2 is 1.52 bits per heavy atom. The summed E-state index contributed by atoms with van der Waals surface area (Å²) >= 11 is -2.01. The molecule has 0 radical (unpaired) electrons. The Kier molecular flexibility index (Phi) is 4.34. The summed E-state index contributed by atoms with van der Waals surface area (Å²) in [5.41, 5.74) is 6.11. The number of aromatic nitrogens is 2. The predicted octanol–water partition coefficient (Wildman–Crippen LogP) is 5.92. The Balaban J connectivity index is 2.18. The van der Waals surface area contributed by atoms with Crippen LogP contribution in [0.15, 0.2) is 48.5 Å². The van der Waals surface area contributed by atoms with E-state index in [0.717, 1.165) is 28.0 Å². The van der Waals surface area contributed by atoms with Crippen molar-refractivity contribution < 1.29 is 0 Å². The molecule has 3 heteroatoms. The quantitative estimate of drug-likeness (QED) is 0.300. The first-order valence-corrected chi connectivity index (χ1v) is 16.9. The molecular formula is C24H26GeN2. The van der Waals surface area contributed by atoms with Crippen molar-refractivity contribution in [2.75, 3.05) is 0 Å². The van der Waals surface area contributed by atoms with Gasteiger partial charge in [0, 0.05) is 0 Å². The number of hydrogen-bond donors (Lipinski definition) is 0. The number of nitrogens with zero attached hydrogens (tertiary/aromatic N) is 2. The van der Waals surface area contributed by atoms with E-state index in [2.05, 4.69) is 73.6 Å². The number of benzene rings is 3. The fraction of sp³-hybridized carbons (Fsp3) is 0.250. The summed E-state index contributed by atoms with van der Waals surface area (Å²) < 4.78 is 1.60. The maximum atomic E-state index is 4.91. The monoisotopic (exact) mass is 416 g/mol. The van der Waals surface area contributed by atoms with Crippen molar-refractivity contribution >= 4 is 39.3 Å². The Morgan fingerprint density at radius 3 is 2.19 bits per heavy atom. The van der Waals surface area contributed by atoms with Gasteiger partial charge in [-0.1, -0.05) is 0 Å². The van der Waals surface area contributed by atoms with Gasteiger partial charge in [-0.25, -0.2) is 0 Å². The minimum atomic E-state index is -2.01. The molecule has 0 aliphatic carbocycles. The predicted molar refractivity (Wildman–Crippen MR) is 120 cm³/mol. The first-order valence-electron chi connectivity index (χ1n) is 9.54. The molecule has 0 aliphatic rings. The van der Waals surface area contributed by atoms with Crippen molar-refractivity contribution in [3.05, 3.63) is 65.5 Å². The van der Waals surface area contributed by atoms with Gasteiger partial charge in [0.05, 0.1) is 0 Å². The SMILES string of the molecule is Cc1nc(-c2ccccc2)c2ccc3cc(C)[c]([Ge]([CH3])([CH3])[CH3])c(C)c3c2n1. The van der Waals surface area contributed by atoms with Crippen molar-refractivity contribution in [1.82, 2.24) is 9.97 Å². The van der Waals surface area contributed by atoms with Crippen molar-refractivity contribution in [2.45, 2.75) is 38.0 Å². The molecule has 0 atom stereocenters. The number of aryl methyl sites for hydroxylation is 3. The second-order valence-electron chi connectivity index (χ2n) is 8.49. The molecule has 0 saturated heterocycles. The Morgan fingerprint density at radius 1 is 0.815 bits per heavy atom. The molecule has 136 valence electrons. The zero-order valence-corrected chi connectivity index (χ0v) is 19.1. The van der Waals surface area contributed by atoms with Crippen LogP contribution in [0.25, 0.3) is 32.9 Å². The number of fused-ring (bicyclic) bond motifs is 3. The first-order chi connectivity index (χ1) is 12.8. The van der Waals surface area contributed by atoms with Gasteiger partial charge in [-0.2, -0.15) is 0 Å². The van der Waals surface area contributed by atoms with Crippen molar-refractivity contribution in [3.8, 4) is 11.3 Å². The molecular weight excluding hydrogens is 389 g/mol. The fourth-order valence-corrected chi connectivity index (χ4v) is 9.79. The van der Waals surface area contributed by atoms with Crippen LogP contribution >= 0.6 is 0 Å². The van der Waals surface area contributed by atoms with Crippen LogP contribution in [0.1, 0.15) is 17.0 Å². The van der Waals surface area contributed by atoms with Crippen LogP contribution in [0.5, 0.6) is 0 Å². The van der Waals surface area contributed by atoms with E-state index in [9.17, 15) is 0 Å². The summed E-state index contributed by atoms with van der Waals surface area (Å²) in [5.74, 6) is 8.25. The molecule has 1 aromatic heterocycles. The Bertz CT molecular complexity index is 1170. The van der Waals surface area contributed by atoms with E-state index in [-0.39, 0.29) is 0 Å². The molecule has 0 N–H and O–H groups in total. The third kappa shape index (κ3) is 3.06. The molecule has 27 heavy (non-hydrogen) atoms. The van der Waals surface area contributed by atoms with Gasteiger partial charge >= 0.3 is 164 Å². The zero-order valence-electron chi connectivity index (χ0n) is 17.0. The van der Waals surface area contributed by atoms with Crippen molar-refractivity contribution in [3.63, 3.8) is 0 Å². The van der Waals surface area contributed by atoms with Gasteiger partial charge in [0.15, 0.2) is 0 Å². The zero-order chi connectivity index (χ0) is 19.3. The normalized spacial score (nSPS) is 12.1. The molecule has 0 bridgehead atoms.